The molecule has 0 bridgehead atoms. The lowest BCUT2D eigenvalue weighted by molar-refractivity contribution is -0.163. The standard InChI is InChI=1S/C25H30O6/c1-15(2)24(27)31-25(3,4)14-30-22-19(11-13-21(28-5)23(22)29-6)16-8-7-9-18-17(16)10-12-20(18)26/h7-9,11,13,15H,10,12,14H2,1-6H3. The normalized spacial score (nSPS) is 13.2. The van der Waals surface area contributed by atoms with Gasteiger partial charge in [-0.05, 0) is 43.5 Å². The van der Waals surface area contributed by atoms with Gasteiger partial charge in [-0.25, -0.2) is 0 Å². The van der Waals surface area contributed by atoms with Crippen molar-refractivity contribution < 1.29 is 28.5 Å². The monoisotopic (exact) mass is 426 g/mol. The van der Waals surface area contributed by atoms with Crippen LogP contribution in [0, 0.1) is 5.92 Å². The topological polar surface area (TPSA) is 71.1 Å². The summed E-state index contributed by atoms with van der Waals surface area (Å²) >= 11 is 0. The van der Waals surface area contributed by atoms with Gasteiger partial charge in [0.15, 0.2) is 17.3 Å². The molecule has 0 unspecified atom stereocenters. The van der Waals surface area contributed by atoms with E-state index in [1.165, 1.54) is 0 Å². The molecule has 3 rings (SSSR count). The summed E-state index contributed by atoms with van der Waals surface area (Å²) < 4.78 is 22.9. The first-order chi connectivity index (χ1) is 14.7. The average molecular weight is 427 g/mol. The van der Waals surface area contributed by atoms with Crippen molar-refractivity contribution in [1.29, 1.82) is 0 Å². The van der Waals surface area contributed by atoms with E-state index in [9.17, 15) is 9.59 Å². The maximum absolute atomic E-state index is 12.2. The summed E-state index contributed by atoms with van der Waals surface area (Å²) in [6.45, 7) is 7.31. The van der Waals surface area contributed by atoms with Crippen LogP contribution in [0.15, 0.2) is 30.3 Å². The van der Waals surface area contributed by atoms with Crippen LogP contribution in [-0.4, -0.2) is 38.2 Å². The van der Waals surface area contributed by atoms with E-state index >= 15 is 0 Å². The SMILES string of the molecule is COc1ccc(-c2cccc3c2CCC3=O)c(OCC(C)(C)OC(=O)C(C)C)c1OC. The molecular weight excluding hydrogens is 396 g/mol. The molecule has 0 aliphatic heterocycles. The van der Waals surface area contributed by atoms with Crippen LogP contribution in [0.4, 0.5) is 0 Å². The molecule has 166 valence electrons. The summed E-state index contributed by atoms with van der Waals surface area (Å²) in [5.74, 6) is 1.11. The van der Waals surface area contributed by atoms with E-state index in [0.717, 1.165) is 22.3 Å². The lowest BCUT2D eigenvalue weighted by Crippen LogP contribution is -2.36. The summed E-state index contributed by atoms with van der Waals surface area (Å²) in [5.41, 5.74) is 2.65. The molecule has 0 heterocycles. The third-order valence-electron chi connectivity index (χ3n) is 5.28. The molecule has 0 radical (unpaired) electrons. The molecular formula is C25H30O6. The van der Waals surface area contributed by atoms with Crippen LogP contribution in [0.1, 0.15) is 50.0 Å². The van der Waals surface area contributed by atoms with E-state index in [1.807, 2.05) is 30.3 Å². The summed E-state index contributed by atoms with van der Waals surface area (Å²) in [6.07, 6.45) is 1.20. The molecule has 31 heavy (non-hydrogen) atoms. The number of Topliss-reactive ketones (excluding diaryl/α,β-unsaturated/α-hetero) is 1. The zero-order valence-electron chi connectivity index (χ0n) is 19.0. The number of methoxy groups -OCH3 is 2. The highest BCUT2D eigenvalue weighted by Gasteiger charge is 2.29. The van der Waals surface area contributed by atoms with Gasteiger partial charge in [0.05, 0.1) is 20.1 Å². The van der Waals surface area contributed by atoms with Gasteiger partial charge in [-0.2, -0.15) is 0 Å². The van der Waals surface area contributed by atoms with Crippen LogP contribution in [0.25, 0.3) is 11.1 Å². The Labute approximate surface area is 183 Å². The number of ether oxygens (including phenoxy) is 4. The number of carbonyl (C=O) groups excluding carboxylic acids is 2. The molecule has 0 N–H and O–H groups in total. The second-order valence-electron chi connectivity index (χ2n) is 8.56. The quantitative estimate of drug-likeness (QED) is 0.562. The fourth-order valence-corrected chi connectivity index (χ4v) is 3.66. The molecule has 6 nitrogen and oxygen atoms in total. The van der Waals surface area contributed by atoms with Crippen LogP contribution < -0.4 is 14.2 Å². The van der Waals surface area contributed by atoms with Gasteiger partial charge < -0.3 is 18.9 Å². The Morgan fingerprint density at radius 3 is 2.32 bits per heavy atom. The van der Waals surface area contributed by atoms with Crippen LogP contribution in [0.2, 0.25) is 0 Å². The van der Waals surface area contributed by atoms with Gasteiger partial charge >= 0.3 is 5.97 Å². The molecule has 0 saturated heterocycles. The Kier molecular flexibility index (Phi) is 6.58. The van der Waals surface area contributed by atoms with Crippen molar-refractivity contribution in [3.05, 3.63) is 41.5 Å². The van der Waals surface area contributed by atoms with E-state index in [2.05, 4.69) is 0 Å². The number of hydrogen-bond acceptors (Lipinski definition) is 6. The van der Waals surface area contributed by atoms with E-state index in [-0.39, 0.29) is 24.3 Å². The van der Waals surface area contributed by atoms with Gasteiger partial charge in [-0.3, -0.25) is 9.59 Å². The van der Waals surface area contributed by atoms with Crippen molar-refractivity contribution in [2.24, 2.45) is 5.92 Å². The third-order valence-corrected chi connectivity index (χ3v) is 5.28. The number of esters is 1. The van der Waals surface area contributed by atoms with Crippen LogP contribution >= 0.6 is 0 Å². The maximum atomic E-state index is 12.2. The van der Waals surface area contributed by atoms with Crippen molar-refractivity contribution in [2.75, 3.05) is 20.8 Å². The Bertz CT molecular complexity index is 990. The largest absolute Gasteiger partial charge is 0.493 e. The Hall–Kier alpha value is -3.02. The molecule has 2 aromatic carbocycles. The smallest absolute Gasteiger partial charge is 0.309 e. The molecule has 0 saturated carbocycles. The molecule has 0 spiro atoms. The molecule has 2 aromatic rings. The fourth-order valence-electron chi connectivity index (χ4n) is 3.66. The molecule has 0 aromatic heterocycles. The Balaban J connectivity index is 2.03. The summed E-state index contributed by atoms with van der Waals surface area (Å²) in [5, 5.41) is 0. The van der Waals surface area contributed by atoms with Crippen molar-refractivity contribution in [1.82, 2.24) is 0 Å². The molecule has 6 heteroatoms. The van der Waals surface area contributed by atoms with Crippen molar-refractivity contribution in [3.63, 3.8) is 0 Å². The predicted octanol–water partition coefficient (Wildman–Crippen LogP) is 4.86. The summed E-state index contributed by atoms with van der Waals surface area (Å²) in [4.78, 5) is 24.3. The van der Waals surface area contributed by atoms with E-state index in [4.69, 9.17) is 18.9 Å². The van der Waals surface area contributed by atoms with Gasteiger partial charge in [0.2, 0.25) is 5.75 Å². The van der Waals surface area contributed by atoms with Crippen molar-refractivity contribution in [3.8, 4) is 28.4 Å². The molecule has 0 amide bonds. The minimum Gasteiger partial charge on any atom is -0.493 e. The Morgan fingerprint density at radius 2 is 1.68 bits per heavy atom. The predicted molar refractivity (Wildman–Crippen MR) is 118 cm³/mol. The lowest BCUT2D eigenvalue weighted by Gasteiger charge is -2.27. The maximum Gasteiger partial charge on any atom is 0.309 e. The van der Waals surface area contributed by atoms with Crippen molar-refractivity contribution in [2.45, 2.75) is 46.1 Å². The first-order valence-electron chi connectivity index (χ1n) is 10.4. The van der Waals surface area contributed by atoms with E-state index < -0.39 is 5.60 Å². The Morgan fingerprint density at radius 1 is 0.968 bits per heavy atom. The second kappa shape index (κ2) is 9.00. The van der Waals surface area contributed by atoms with Crippen LogP contribution in [0.5, 0.6) is 17.2 Å². The second-order valence-corrected chi connectivity index (χ2v) is 8.56. The first-order valence-corrected chi connectivity index (χ1v) is 10.4. The van der Waals surface area contributed by atoms with Gasteiger partial charge in [0, 0.05) is 17.5 Å². The third kappa shape index (κ3) is 4.68. The molecule has 1 aliphatic rings. The zero-order chi connectivity index (χ0) is 22.8. The highest BCUT2D eigenvalue weighted by molar-refractivity contribution is 6.02. The first kappa shape index (κ1) is 22.7. The molecule has 0 atom stereocenters. The van der Waals surface area contributed by atoms with E-state index in [1.54, 1.807) is 41.9 Å². The number of fused-ring (bicyclic) bond motifs is 1. The number of rotatable bonds is 8. The summed E-state index contributed by atoms with van der Waals surface area (Å²) in [7, 11) is 3.12. The van der Waals surface area contributed by atoms with E-state index in [0.29, 0.717) is 30.1 Å². The summed E-state index contributed by atoms with van der Waals surface area (Å²) in [6, 6.07) is 9.45. The van der Waals surface area contributed by atoms with Crippen LogP contribution in [-0.2, 0) is 16.0 Å². The van der Waals surface area contributed by atoms with Crippen molar-refractivity contribution >= 4 is 11.8 Å². The van der Waals surface area contributed by atoms with Crippen LogP contribution in [0.3, 0.4) is 0 Å². The number of hydrogen-bond donors (Lipinski definition) is 0. The minimum absolute atomic E-state index is 0.121. The number of benzene rings is 2. The van der Waals surface area contributed by atoms with Gasteiger partial charge in [-0.15, -0.1) is 0 Å². The molecule has 0 fully saturated rings. The molecule has 1 aliphatic carbocycles. The fraction of sp³-hybridized carbons (Fsp3) is 0.440. The lowest BCUT2D eigenvalue weighted by atomic mass is 9.95. The highest BCUT2D eigenvalue weighted by atomic mass is 16.6. The number of ketones is 1. The minimum atomic E-state index is -0.846. The number of carbonyl (C=O) groups is 2. The van der Waals surface area contributed by atoms with Gasteiger partial charge in [0.25, 0.3) is 0 Å². The highest BCUT2D eigenvalue weighted by Crippen LogP contribution is 2.46. The van der Waals surface area contributed by atoms with Gasteiger partial charge in [0.1, 0.15) is 12.2 Å². The average Bonchev–Trinajstić information content (AvgIpc) is 3.12. The van der Waals surface area contributed by atoms with Gasteiger partial charge in [-0.1, -0.05) is 32.0 Å². The zero-order valence-corrected chi connectivity index (χ0v) is 19.0.